The number of benzene rings is 1. The van der Waals surface area contributed by atoms with E-state index < -0.39 is 5.41 Å². The first-order valence-corrected chi connectivity index (χ1v) is 7.78. The lowest BCUT2D eigenvalue weighted by Gasteiger charge is -2.28. The smallest absolute Gasteiger partial charge is 0.230 e. The van der Waals surface area contributed by atoms with Crippen molar-refractivity contribution in [3.05, 3.63) is 35.4 Å². The van der Waals surface area contributed by atoms with E-state index in [0.29, 0.717) is 6.54 Å². The molecule has 1 aliphatic heterocycles. The number of nitrogens with one attached hydrogen (secondary N) is 2. The predicted octanol–water partition coefficient (Wildman–Crippen LogP) is 1.29. The van der Waals surface area contributed by atoms with E-state index in [1.54, 1.807) is 0 Å². The standard InChI is InChI=1S/C17H27N3O/c1-14-4-6-15(7-5-14)17(2,3)16(21)19-10-13-20-11-8-18-9-12-20/h4-7,18H,8-13H2,1-3H3,(H,19,21). The van der Waals surface area contributed by atoms with Gasteiger partial charge in [0.1, 0.15) is 0 Å². The van der Waals surface area contributed by atoms with Crippen molar-refractivity contribution >= 4 is 5.91 Å². The van der Waals surface area contributed by atoms with Crippen molar-refractivity contribution in [3.8, 4) is 0 Å². The summed E-state index contributed by atoms with van der Waals surface area (Å²) in [5, 5.41) is 6.42. The van der Waals surface area contributed by atoms with Crippen LogP contribution in [0.25, 0.3) is 0 Å². The molecule has 0 unspecified atom stereocenters. The Labute approximate surface area is 127 Å². The number of amides is 1. The van der Waals surface area contributed by atoms with Gasteiger partial charge in [0.2, 0.25) is 5.91 Å². The fourth-order valence-electron chi connectivity index (χ4n) is 2.58. The summed E-state index contributed by atoms with van der Waals surface area (Å²) in [5.74, 6) is 0.0986. The number of piperazine rings is 1. The molecule has 0 bridgehead atoms. The third kappa shape index (κ3) is 4.29. The molecule has 1 aliphatic rings. The van der Waals surface area contributed by atoms with Crippen molar-refractivity contribution in [1.29, 1.82) is 0 Å². The van der Waals surface area contributed by atoms with Gasteiger partial charge in [0.15, 0.2) is 0 Å². The highest BCUT2D eigenvalue weighted by atomic mass is 16.2. The Morgan fingerprint density at radius 3 is 2.48 bits per heavy atom. The van der Waals surface area contributed by atoms with E-state index in [-0.39, 0.29) is 5.91 Å². The molecule has 0 aromatic heterocycles. The molecule has 4 heteroatoms. The maximum atomic E-state index is 12.4. The maximum Gasteiger partial charge on any atom is 0.230 e. The van der Waals surface area contributed by atoms with Gasteiger partial charge in [0, 0.05) is 39.3 Å². The first kappa shape index (κ1) is 16.0. The summed E-state index contributed by atoms with van der Waals surface area (Å²) in [5.41, 5.74) is 1.79. The number of hydrogen-bond donors (Lipinski definition) is 2. The van der Waals surface area contributed by atoms with Gasteiger partial charge >= 0.3 is 0 Å². The Kier molecular flexibility index (Phi) is 5.37. The van der Waals surface area contributed by atoms with E-state index in [9.17, 15) is 4.79 Å². The van der Waals surface area contributed by atoms with Crippen molar-refractivity contribution in [2.75, 3.05) is 39.3 Å². The first-order valence-electron chi connectivity index (χ1n) is 7.78. The maximum absolute atomic E-state index is 12.4. The van der Waals surface area contributed by atoms with Crippen LogP contribution < -0.4 is 10.6 Å². The highest BCUT2D eigenvalue weighted by molar-refractivity contribution is 5.87. The highest BCUT2D eigenvalue weighted by Crippen LogP contribution is 2.23. The number of carbonyl (C=O) groups is 1. The van der Waals surface area contributed by atoms with Crippen molar-refractivity contribution in [2.45, 2.75) is 26.2 Å². The third-order valence-corrected chi connectivity index (χ3v) is 4.26. The molecule has 21 heavy (non-hydrogen) atoms. The molecule has 1 heterocycles. The van der Waals surface area contributed by atoms with Crippen molar-refractivity contribution in [2.24, 2.45) is 0 Å². The van der Waals surface area contributed by atoms with Crippen molar-refractivity contribution in [3.63, 3.8) is 0 Å². The van der Waals surface area contributed by atoms with Gasteiger partial charge in [-0.15, -0.1) is 0 Å². The average molecular weight is 289 g/mol. The van der Waals surface area contributed by atoms with Crippen LogP contribution in [0, 0.1) is 6.92 Å². The summed E-state index contributed by atoms with van der Waals surface area (Å²) in [6, 6.07) is 8.21. The molecule has 0 radical (unpaired) electrons. The van der Waals surface area contributed by atoms with Crippen molar-refractivity contribution in [1.82, 2.24) is 15.5 Å². The fraction of sp³-hybridized carbons (Fsp3) is 0.588. The zero-order chi connectivity index (χ0) is 15.3. The van der Waals surface area contributed by atoms with Gasteiger partial charge < -0.3 is 10.6 Å². The van der Waals surface area contributed by atoms with E-state index in [2.05, 4.69) is 34.6 Å². The molecule has 0 aliphatic carbocycles. The van der Waals surface area contributed by atoms with Crippen LogP contribution >= 0.6 is 0 Å². The molecule has 2 N–H and O–H groups in total. The molecule has 0 saturated carbocycles. The van der Waals surface area contributed by atoms with E-state index in [4.69, 9.17) is 0 Å². The summed E-state index contributed by atoms with van der Waals surface area (Å²) in [6.45, 7) is 11.9. The second-order valence-corrected chi connectivity index (χ2v) is 6.34. The number of aryl methyl sites for hydroxylation is 1. The number of nitrogens with zero attached hydrogens (tertiary/aromatic N) is 1. The molecule has 4 nitrogen and oxygen atoms in total. The van der Waals surface area contributed by atoms with Gasteiger partial charge in [-0.3, -0.25) is 9.69 Å². The Balaban J connectivity index is 1.84. The van der Waals surface area contributed by atoms with Gasteiger partial charge in [-0.2, -0.15) is 0 Å². The lowest BCUT2D eigenvalue weighted by Crippen LogP contribution is -2.48. The first-order chi connectivity index (χ1) is 10.00. The molecule has 1 aromatic carbocycles. The summed E-state index contributed by atoms with van der Waals surface area (Å²) in [6.07, 6.45) is 0. The van der Waals surface area contributed by atoms with Gasteiger partial charge in [-0.25, -0.2) is 0 Å². The zero-order valence-corrected chi connectivity index (χ0v) is 13.4. The molecule has 0 atom stereocenters. The minimum Gasteiger partial charge on any atom is -0.354 e. The minimum absolute atomic E-state index is 0.0986. The van der Waals surface area contributed by atoms with Crippen LogP contribution in [0.2, 0.25) is 0 Å². The second-order valence-electron chi connectivity index (χ2n) is 6.34. The van der Waals surface area contributed by atoms with E-state index in [1.807, 2.05) is 26.0 Å². The summed E-state index contributed by atoms with van der Waals surface area (Å²) in [4.78, 5) is 14.8. The van der Waals surface area contributed by atoms with Crippen LogP contribution in [0.15, 0.2) is 24.3 Å². The largest absolute Gasteiger partial charge is 0.354 e. The van der Waals surface area contributed by atoms with Crippen LogP contribution in [0.5, 0.6) is 0 Å². The summed E-state index contributed by atoms with van der Waals surface area (Å²) >= 11 is 0. The van der Waals surface area contributed by atoms with Crippen LogP contribution in [-0.4, -0.2) is 50.1 Å². The Morgan fingerprint density at radius 2 is 1.86 bits per heavy atom. The topological polar surface area (TPSA) is 44.4 Å². The zero-order valence-electron chi connectivity index (χ0n) is 13.4. The van der Waals surface area contributed by atoms with E-state index >= 15 is 0 Å². The van der Waals surface area contributed by atoms with Crippen molar-refractivity contribution < 1.29 is 4.79 Å². The SMILES string of the molecule is Cc1ccc(C(C)(C)C(=O)NCCN2CCNCC2)cc1. The molecule has 2 rings (SSSR count). The Hall–Kier alpha value is -1.39. The van der Waals surface area contributed by atoms with Crippen LogP contribution in [0.3, 0.4) is 0 Å². The van der Waals surface area contributed by atoms with Gasteiger partial charge in [0.25, 0.3) is 0 Å². The van der Waals surface area contributed by atoms with E-state index in [1.165, 1.54) is 5.56 Å². The lowest BCUT2D eigenvalue weighted by atomic mass is 9.83. The highest BCUT2D eigenvalue weighted by Gasteiger charge is 2.29. The quantitative estimate of drug-likeness (QED) is 0.858. The average Bonchev–Trinajstić information content (AvgIpc) is 2.48. The number of carbonyl (C=O) groups excluding carboxylic acids is 1. The lowest BCUT2D eigenvalue weighted by molar-refractivity contribution is -0.125. The molecule has 1 saturated heterocycles. The molecule has 0 spiro atoms. The predicted molar refractivity (Wildman–Crippen MR) is 86.5 cm³/mol. The monoisotopic (exact) mass is 289 g/mol. The van der Waals surface area contributed by atoms with Gasteiger partial charge in [0.05, 0.1) is 5.41 Å². The van der Waals surface area contributed by atoms with Gasteiger partial charge in [-0.05, 0) is 26.3 Å². The summed E-state index contributed by atoms with van der Waals surface area (Å²) in [7, 11) is 0. The number of hydrogen-bond acceptors (Lipinski definition) is 3. The van der Waals surface area contributed by atoms with E-state index in [0.717, 1.165) is 38.3 Å². The Bertz CT molecular complexity index is 461. The number of rotatable bonds is 5. The Morgan fingerprint density at radius 1 is 1.24 bits per heavy atom. The molecular formula is C17H27N3O. The molecule has 1 fully saturated rings. The van der Waals surface area contributed by atoms with Crippen LogP contribution in [0.4, 0.5) is 0 Å². The third-order valence-electron chi connectivity index (χ3n) is 4.26. The van der Waals surface area contributed by atoms with Crippen LogP contribution in [-0.2, 0) is 10.2 Å². The fourth-order valence-corrected chi connectivity index (χ4v) is 2.58. The van der Waals surface area contributed by atoms with Gasteiger partial charge in [-0.1, -0.05) is 29.8 Å². The molecule has 1 aromatic rings. The van der Waals surface area contributed by atoms with Crippen LogP contribution in [0.1, 0.15) is 25.0 Å². The molecule has 116 valence electrons. The minimum atomic E-state index is -0.489. The second kappa shape index (κ2) is 7.05. The molecule has 1 amide bonds. The normalized spacial score (nSPS) is 16.7. The molecular weight excluding hydrogens is 262 g/mol. The summed E-state index contributed by atoms with van der Waals surface area (Å²) < 4.78 is 0.